The molecule has 1 atom stereocenters. The summed E-state index contributed by atoms with van der Waals surface area (Å²) in [7, 11) is 0. The molecule has 0 aliphatic heterocycles. The summed E-state index contributed by atoms with van der Waals surface area (Å²) >= 11 is 12.2. The number of amides is 1. The van der Waals surface area contributed by atoms with E-state index in [1.807, 2.05) is 13.0 Å². The van der Waals surface area contributed by atoms with Gasteiger partial charge in [-0.05, 0) is 61.9 Å². The summed E-state index contributed by atoms with van der Waals surface area (Å²) in [5.41, 5.74) is 2.60. The lowest BCUT2D eigenvalue weighted by molar-refractivity contribution is -0.152. The number of nitrogens with one attached hydrogen (secondary N) is 1. The van der Waals surface area contributed by atoms with Gasteiger partial charge < -0.3 is 14.8 Å². The van der Waals surface area contributed by atoms with Crippen LogP contribution in [0.4, 0.5) is 5.69 Å². The quantitative estimate of drug-likeness (QED) is 0.437. The summed E-state index contributed by atoms with van der Waals surface area (Å²) in [5, 5.41) is 3.95. The topological polar surface area (TPSA) is 64.6 Å². The van der Waals surface area contributed by atoms with Crippen molar-refractivity contribution < 1.29 is 19.1 Å². The Bertz CT molecular complexity index is 1080. The fourth-order valence-corrected chi connectivity index (χ4v) is 3.12. The number of ether oxygens (including phenoxy) is 2. The maximum absolute atomic E-state index is 12.5. The van der Waals surface area contributed by atoms with Gasteiger partial charge in [-0.3, -0.25) is 4.79 Å². The average Bonchev–Trinajstić information content (AvgIpc) is 2.76. The van der Waals surface area contributed by atoms with Gasteiger partial charge in [-0.15, -0.1) is 0 Å². The van der Waals surface area contributed by atoms with E-state index in [2.05, 4.69) is 5.32 Å². The van der Waals surface area contributed by atoms with Crippen molar-refractivity contribution in [2.45, 2.75) is 26.6 Å². The van der Waals surface area contributed by atoms with Gasteiger partial charge in [-0.1, -0.05) is 47.5 Å². The Morgan fingerprint density at radius 1 is 0.935 bits per heavy atom. The molecule has 1 unspecified atom stereocenters. The Hall–Kier alpha value is -3.02. The highest BCUT2D eigenvalue weighted by Crippen LogP contribution is 2.24. The van der Waals surface area contributed by atoms with Crippen molar-refractivity contribution in [1.82, 2.24) is 0 Å². The van der Waals surface area contributed by atoms with Crippen molar-refractivity contribution in [2.24, 2.45) is 0 Å². The molecule has 0 saturated carbocycles. The maximum atomic E-state index is 12.5. The number of carbonyl (C=O) groups excluding carboxylic acids is 2. The molecule has 31 heavy (non-hydrogen) atoms. The lowest BCUT2D eigenvalue weighted by Crippen LogP contribution is -2.26. The molecule has 0 aliphatic carbocycles. The second-order valence-electron chi connectivity index (χ2n) is 6.85. The van der Waals surface area contributed by atoms with E-state index in [9.17, 15) is 9.59 Å². The zero-order valence-electron chi connectivity index (χ0n) is 17.0. The van der Waals surface area contributed by atoms with E-state index in [-0.39, 0.29) is 12.5 Å². The summed E-state index contributed by atoms with van der Waals surface area (Å²) in [5.74, 6) is -0.347. The van der Waals surface area contributed by atoms with Crippen LogP contribution in [0.3, 0.4) is 0 Å². The van der Waals surface area contributed by atoms with Gasteiger partial charge in [0.05, 0.1) is 0 Å². The molecule has 0 radical (unpaired) electrons. The standard InChI is InChI=1S/C24H21Cl2NO4/c1-15-20(25)8-5-9-22(15)27-23(28)17-10-12-19(13-11-17)31-16(2)24(29)30-14-18-6-3-4-7-21(18)26/h3-13,16H,14H2,1-2H3,(H,27,28). The van der Waals surface area contributed by atoms with Crippen LogP contribution >= 0.6 is 23.2 Å². The van der Waals surface area contributed by atoms with Crippen molar-refractivity contribution in [1.29, 1.82) is 0 Å². The third-order valence-electron chi connectivity index (χ3n) is 4.60. The largest absolute Gasteiger partial charge is 0.479 e. The van der Waals surface area contributed by atoms with Gasteiger partial charge >= 0.3 is 5.97 Å². The minimum atomic E-state index is -0.823. The number of rotatable bonds is 7. The molecule has 7 heteroatoms. The molecule has 3 rings (SSSR count). The first-order valence-corrected chi connectivity index (χ1v) is 10.3. The van der Waals surface area contributed by atoms with Crippen molar-refractivity contribution in [3.05, 3.63) is 93.5 Å². The number of benzene rings is 3. The predicted octanol–water partition coefficient (Wildman–Crippen LogP) is 6.06. The molecule has 0 aromatic heterocycles. The van der Waals surface area contributed by atoms with Crippen LogP contribution < -0.4 is 10.1 Å². The fraction of sp³-hybridized carbons (Fsp3) is 0.167. The highest BCUT2D eigenvalue weighted by molar-refractivity contribution is 6.32. The Balaban J connectivity index is 1.55. The lowest BCUT2D eigenvalue weighted by atomic mass is 10.1. The summed E-state index contributed by atoms with van der Waals surface area (Å²) < 4.78 is 10.9. The molecule has 0 saturated heterocycles. The number of esters is 1. The second-order valence-corrected chi connectivity index (χ2v) is 7.66. The third-order valence-corrected chi connectivity index (χ3v) is 5.38. The third kappa shape index (κ3) is 6.00. The molecular formula is C24H21Cl2NO4. The molecular weight excluding hydrogens is 437 g/mol. The van der Waals surface area contributed by atoms with Crippen LogP contribution in [0.2, 0.25) is 10.0 Å². The first-order chi connectivity index (χ1) is 14.8. The molecule has 5 nitrogen and oxygen atoms in total. The zero-order valence-corrected chi connectivity index (χ0v) is 18.5. The predicted molar refractivity (Wildman–Crippen MR) is 122 cm³/mol. The van der Waals surface area contributed by atoms with E-state index >= 15 is 0 Å². The highest BCUT2D eigenvalue weighted by atomic mass is 35.5. The smallest absolute Gasteiger partial charge is 0.347 e. The van der Waals surface area contributed by atoms with Gasteiger partial charge in [-0.2, -0.15) is 0 Å². The van der Waals surface area contributed by atoms with E-state index in [1.54, 1.807) is 67.6 Å². The van der Waals surface area contributed by atoms with Crippen molar-refractivity contribution in [3.8, 4) is 5.75 Å². The SMILES string of the molecule is Cc1c(Cl)cccc1NC(=O)c1ccc(OC(C)C(=O)OCc2ccccc2Cl)cc1. The van der Waals surface area contributed by atoms with Gasteiger partial charge in [-0.25, -0.2) is 4.79 Å². The number of hydrogen-bond acceptors (Lipinski definition) is 4. The van der Waals surface area contributed by atoms with E-state index in [4.69, 9.17) is 32.7 Å². The molecule has 0 spiro atoms. The van der Waals surface area contributed by atoms with E-state index in [0.29, 0.717) is 27.0 Å². The molecule has 0 heterocycles. The summed E-state index contributed by atoms with van der Waals surface area (Å²) in [6.07, 6.45) is -0.823. The van der Waals surface area contributed by atoms with Crippen LogP contribution in [-0.2, 0) is 16.1 Å². The van der Waals surface area contributed by atoms with E-state index < -0.39 is 12.1 Å². The monoisotopic (exact) mass is 457 g/mol. The van der Waals surface area contributed by atoms with Gasteiger partial charge in [0.15, 0.2) is 6.10 Å². The molecule has 160 valence electrons. The molecule has 0 bridgehead atoms. The summed E-state index contributed by atoms with van der Waals surface area (Å²) in [4.78, 5) is 24.7. The molecule has 3 aromatic rings. The molecule has 3 aromatic carbocycles. The van der Waals surface area contributed by atoms with Crippen LogP contribution in [0.25, 0.3) is 0 Å². The minimum absolute atomic E-state index is 0.0637. The van der Waals surface area contributed by atoms with Crippen LogP contribution in [0.1, 0.15) is 28.4 Å². The first kappa shape index (κ1) is 22.7. The molecule has 1 N–H and O–H groups in total. The summed E-state index contributed by atoms with van der Waals surface area (Å²) in [6.45, 7) is 3.49. The van der Waals surface area contributed by atoms with Crippen LogP contribution in [0, 0.1) is 6.92 Å². The molecule has 1 amide bonds. The Labute approximate surface area is 190 Å². The number of carbonyl (C=O) groups is 2. The minimum Gasteiger partial charge on any atom is -0.479 e. The van der Waals surface area contributed by atoms with Crippen LogP contribution in [0.5, 0.6) is 5.75 Å². The van der Waals surface area contributed by atoms with Crippen molar-refractivity contribution in [2.75, 3.05) is 5.32 Å². The average molecular weight is 458 g/mol. The lowest BCUT2D eigenvalue weighted by Gasteiger charge is -2.15. The second kappa shape index (κ2) is 10.3. The van der Waals surface area contributed by atoms with Crippen LogP contribution in [0.15, 0.2) is 66.7 Å². The summed E-state index contributed by atoms with van der Waals surface area (Å²) in [6, 6.07) is 18.9. The van der Waals surface area contributed by atoms with E-state index in [1.165, 1.54) is 0 Å². The number of hydrogen-bond donors (Lipinski definition) is 1. The first-order valence-electron chi connectivity index (χ1n) is 9.58. The van der Waals surface area contributed by atoms with Gasteiger partial charge in [0, 0.05) is 26.9 Å². The number of halogens is 2. The Kier molecular flexibility index (Phi) is 7.55. The van der Waals surface area contributed by atoms with Gasteiger partial charge in [0.1, 0.15) is 12.4 Å². The Morgan fingerprint density at radius 2 is 1.61 bits per heavy atom. The maximum Gasteiger partial charge on any atom is 0.347 e. The highest BCUT2D eigenvalue weighted by Gasteiger charge is 2.17. The van der Waals surface area contributed by atoms with Gasteiger partial charge in [0.2, 0.25) is 0 Å². The normalized spacial score (nSPS) is 11.5. The van der Waals surface area contributed by atoms with Crippen LogP contribution in [-0.4, -0.2) is 18.0 Å². The fourth-order valence-electron chi connectivity index (χ4n) is 2.76. The van der Waals surface area contributed by atoms with E-state index in [0.717, 1.165) is 11.1 Å². The molecule has 0 fully saturated rings. The van der Waals surface area contributed by atoms with Crippen molar-refractivity contribution in [3.63, 3.8) is 0 Å². The van der Waals surface area contributed by atoms with Crippen molar-refractivity contribution >= 4 is 40.8 Å². The molecule has 0 aliphatic rings. The number of anilines is 1. The zero-order chi connectivity index (χ0) is 22.4. The van der Waals surface area contributed by atoms with Gasteiger partial charge in [0.25, 0.3) is 5.91 Å². The Morgan fingerprint density at radius 3 is 2.32 bits per heavy atom.